The van der Waals surface area contributed by atoms with Crippen LogP contribution in [0.5, 0.6) is 0 Å². The molecule has 1 aromatic rings. The van der Waals surface area contributed by atoms with Crippen LogP contribution in [-0.2, 0) is 14.8 Å². The zero-order valence-electron chi connectivity index (χ0n) is 10.5. The lowest BCUT2D eigenvalue weighted by molar-refractivity contribution is 0.0600. The maximum Gasteiger partial charge on any atom is 0.337 e. The smallest absolute Gasteiger partial charge is 0.337 e. The molecule has 0 bridgehead atoms. The van der Waals surface area contributed by atoms with E-state index in [9.17, 15) is 13.2 Å². The molecule has 0 spiro atoms. The molecule has 0 saturated carbocycles. The van der Waals surface area contributed by atoms with Gasteiger partial charge in [-0.2, -0.15) is 0 Å². The molecule has 0 aromatic heterocycles. The van der Waals surface area contributed by atoms with E-state index in [4.69, 9.17) is 5.73 Å². The van der Waals surface area contributed by atoms with E-state index in [1.807, 2.05) is 0 Å². The number of hydrogen-bond donors (Lipinski definition) is 2. The van der Waals surface area contributed by atoms with E-state index in [-0.39, 0.29) is 22.7 Å². The van der Waals surface area contributed by atoms with Crippen molar-refractivity contribution >= 4 is 21.7 Å². The van der Waals surface area contributed by atoms with Crippen molar-refractivity contribution in [3.05, 3.63) is 36.4 Å². The molecular weight excluding hydrogens is 268 g/mol. The van der Waals surface area contributed by atoms with Gasteiger partial charge in [-0.15, -0.1) is 6.58 Å². The van der Waals surface area contributed by atoms with E-state index >= 15 is 0 Å². The summed E-state index contributed by atoms with van der Waals surface area (Å²) in [5.74, 6) is -0.574. The Morgan fingerprint density at radius 3 is 2.74 bits per heavy atom. The van der Waals surface area contributed by atoms with Crippen LogP contribution >= 0.6 is 0 Å². The topological polar surface area (TPSA) is 98.5 Å². The minimum atomic E-state index is -3.69. The molecule has 6 nitrogen and oxygen atoms in total. The van der Waals surface area contributed by atoms with Crippen LogP contribution in [0, 0.1) is 0 Å². The molecule has 104 valence electrons. The number of anilines is 1. The van der Waals surface area contributed by atoms with Gasteiger partial charge < -0.3 is 10.5 Å². The molecule has 0 heterocycles. The van der Waals surface area contributed by atoms with E-state index in [2.05, 4.69) is 16.0 Å². The third-order valence-corrected chi connectivity index (χ3v) is 3.90. The van der Waals surface area contributed by atoms with Crippen molar-refractivity contribution in [3.63, 3.8) is 0 Å². The molecule has 0 fully saturated rings. The van der Waals surface area contributed by atoms with Crippen molar-refractivity contribution in [2.24, 2.45) is 0 Å². The van der Waals surface area contributed by atoms with Crippen LogP contribution in [-0.4, -0.2) is 28.0 Å². The Hall–Kier alpha value is -1.86. The van der Waals surface area contributed by atoms with E-state index in [1.165, 1.54) is 25.3 Å². The second-order valence-electron chi connectivity index (χ2n) is 3.72. The van der Waals surface area contributed by atoms with Crippen molar-refractivity contribution in [2.45, 2.75) is 11.3 Å². The van der Waals surface area contributed by atoms with E-state index < -0.39 is 16.0 Å². The van der Waals surface area contributed by atoms with Gasteiger partial charge in [-0.1, -0.05) is 6.08 Å². The molecule has 0 atom stereocenters. The molecule has 0 saturated heterocycles. The fourth-order valence-corrected chi connectivity index (χ4v) is 2.57. The Kier molecular flexibility index (Phi) is 5.08. The van der Waals surface area contributed by atoms with Crippen LogP contribution in [0.1, 0.15) is 16.8 Å². The predicted molar refractivity (Wildman–Crippen MR) is 72.2 cm³/mol. The Balaban J connectivity index is 3.02. The molecule has 0 aliphatic rings. The summed E-state index contributed by atoms with van der Waals surface area (Å²) >= 11 is 0. The highest BCUT2D eigenvalue weighted by Crippen LogP contribution is 2.20. The fraction of sp³-hybridized carbons (Fsp3) is 0.250. The van der Waals surface area contributed by atoms with Gasteiger partial charge in [0, 0.05) is 6.54 Å². The maximum atomic E-state index is 11.9. The highest BCUT2D eigenvalue weighted by molar-refractivity contribution is 7.89. The monoisotopic (exact) mass is 284 g/mol. The largest absolute Gasteiger partial charge is 0.465 e. The minimum absolute atomic E-state index is 0.00555. The lowest BCUT2D eigenvalue weighted by atomic mass is 10.2. The van der Waals surface area contributed by atoms with Crippen molar-refractivity contribution in [2.75, 3.05) is 19.4 Å². The van der Waals surface area contributed by atoms with Crippen LogP contribution in [0.2, 0.25) is 0 Å². The highest BCUT2D eigenvalue weighted by Gasteiger charge is 2.18. The maximum absolute atomic E-state index is 11.9. The molecule has 3 N–H and O–H groups in total. The summed E-state index contributed by atoms with van der Waals surface area (Å²) in [4.78, 5) is 11.2. The van der Waals surface area contributed by atoms with Gasteiger partial charge in [0.05, 0.1) is 18.4 Å². The summed E-state index contributed by atoms with van der Waals surface area (Å²) in [7, 11) is -2.45. The molecule has 0 aliphatic carbocycles. The van der Waals surface area contributed by atoms with Gasteiger partial charge in [0.15, 0.2) is 0 Å². The van der Waals surface area contributed by atoms with Gasteiger partial charge in [-0.3, -0.25) is 0 Å². The van der Waals surface area contributed by atoms with Gasteiger partial charge in [-0.05, 0) is 24.6 Å². The molecule has 7 heteroatoms. The Morgan fingerprint density at radius 1 is 1.53 bits per heavy atom. The third-order valence-electron chi connectivity index (χ3n) is 2.36. The summed E-state index contributed by atoms with van der Waals surface area (Å²) in [6.45, 7) is 3.74. The molecule has 1 rings (SSSR count). The van der Waals surface area contributed by atoms with Gasteiger partial charge in [0.25, 0.3) is 0 Å². The highest BCUT2D eigenvalue weighted by atomic mass is 32.2. The number of esters is 1. The zero-order chi connectivity index (χ0) is 14.5. The van der Waals surface area contributed by atoms with Gasteiger partial charge in [0.2, 0.25) is 10.0 Å². The van der Waals surface area contributed by atoms with Gasteiger partial charge >= 0.3 is 5.97 Å². The Labute approximate surface area is 112 Å². The quantitative estimate of drug-likeness (QED) is 0.350. The first-order valence-corrected chi connectivity index (χ1v) is 6.99. The Morgan fingerprint density at radius 2 is 2.21 bits per heavy atom. The van der Waals surface area contributed by atoms with E-state index in [0.717, 1.165) is 0 Å². The molecule has 0 radical (unpaired) electrons. The van der Waals surface area contributed by atoms with Crippen LogP contribution in [0.25, 0.3) is 0 Å². The molecular formula is C12H16N2O4S. The number of carbonyl (C=O) groups is 1. The molecule has 0 unspecified atom stereocenters. The predicted octanol–water partition coefficient (Wildman–Crippen LogP) is 0.910. The number of sulfonamides is 1. The summed E-state index contributed by atoms with van der Waals surface area (Å²) in [6, 6.07) is 3.90. The lowest BCUT2D eigenvalue weighted by Crippen LogP contribution is -2.25. The zero-order valence-corrected chi connectivity index (χ0v) is 11.4. The van der Waals surface area contributed by atoms with Crippen molar-refractivity contribution in [1.82, 2.24) is 4.72 Å². The second-order valence-corrected chi connectivity index (χ2v) is 5.45. The number of hydrogen-bond acceptors (Lipinski definition) is 5. The number of carbonyl (C=O) groups excluding carboxylic acids is 1. The average molecular weight is 284 g/mol. The second kappa shape index (κ2) is 6.35. The van der Waals surface area contributed by atoms with Crippen LogP contribution < -0.4 is 10.5 Å². The summed E-state index contributed by atoms with van der Waals surface area (Å²) in [6.07, 6.45) is 2.12. The van der Waals surface area contributed by atoms with Gasteiger partial charge in [0.1, 0.15) is 4.90 Å². The van der Waals surface area contributed by atoms with Crippen molar-refractivity contribution < 1.29 is 17.9 Å². The standard InChI is InChI=1S/C12H16N2O4S/c1-3-4-7-14-19(16,17)11-6-5-9(8-10(11)13)12(15)18-2/h3,5-6,8,14H,1,4,7,13H2,2H3. The van der Waals surface area contributed by atoms with E-state index in [0.29, 0.717) is 6.42 Å². The van der Waals surface area contributed by atoms with Crippen molar-refractivity contribution in [3.8, 4) is 0 Å². The minimum Gasteiger partial charge on any atom is -0.465 e. The molecule has 0 amide bonds. The molecule has 1 aromatic carbocycles. The van der Waals surface area contributed by atoms with E-state index in [1.54, 1.807) is 6.08 Å². The number of nitrogens with two attached hydrogens (primary N) is 1. The van der Waals surface area contributed by atoms with Crippen molar-refractivity contribution in [1.29, 1.82) is 0 Å². The molecule has 19 heavy (non-hydrogen) atoms. The first-order chi connectivity index (χ1) is 8.92. The normalized spacial score (nSPS) is 11.0. The average Bonchev–Trinajstić information content (AvgIpc) is 2.37. The summed E-state index contributed by atoms with van der Waals surface area (Å²) in [5, 5.41) is 0. The summed E-state index contributed by atoms with van der Waals surface area (Å²) < 4.78 is 30.8. The number of nitrogen functional groups attached to an aromatic ring is 1. The first-order valence-electron chi connectivity index (χ1n) is 5.50. The number of nitrogens with one attached hydrogen (secondary N) is 1. The number of methoxy groups -OCH3 is 1. The Bertz CT molecular complexity index is 581. The summed E-state index contributed by atoms with van der Waals surface area (Å²) in [5.41, 5.74) is 5.85. The number of benzene rings is 1. The first kappa shape index (κ1) is 15.2. The lowest BCUT2D eigenvalue weighted by Gasteiger charge is -2.09. The van der Waals surface area contributed by atoms with Crippen LogP contribution in [0.3, 0.4) is 0 Å². The number of rotatable bonds is 6. The SMILES string of the molecule is C=CCCNS(=O)(=O)c1ccc(C(=O)OC)cc1N. The van der Waals surface area contributed by atoms with Crippen LogP contribution in [0.4, 0.5) is 5.69 Å². The number of ether oxygens (including phenoxy) is 1. The van der Waals surface area contributed by atoms with Gasteiger partial charge in [-0.25, -0.2) is 17.9 Å². The van der Waals surface area contributed by atoms with Crippen LogP contribution in [0.15, 0.2) is 35.7 Å². The third kappa shape index (κ3) is 3.80. The molecule has 0 aliphatic heterocycles. The fourth-order valence-electron chi connectivity index (χ4n) is 1.41.